The highest BCUT2D eigenvalue weighted by Gasteiger charge is 2.31. The minimum absolute atomic E-state index is 0.460. The van der Waals surface area contributed by atoms with Gasteiger partial charge in [-0.3, -0.25) is 4.98 Å². The number of nitrogens with zero attached hydrogens (tertiary/aromatic N) is 1. The number of carbonyl (C=O) groups excluding carboxylic acids is 1. The number of hydrogen-bond acceptors (Lipinski definition) is 4. The SMILES string of the molecule is COC(=O)[C@@](C)(N)c1ccncc1. The summed E-state index contributed by atoms with van der Waals surface area (Å²) in [5.41, 5.74) is 5.38. The zero-order valence-electron chi connectivity index (χ0n) is 7.65. The third kappa shape index (κ3) is 1.84. The molecule has 1 aromatic rings. The van der Waals surface area contributed by atoms with E-state index in [2.05, 4.69) is 9.72 Å². The van der Waals surface area contributed by atoms with Gasteiger partial charge >= 0.3 is 5.97 Å². The fourth-order valence-corrected chi connectivity index (χ4v) is 1.03. The van der Waals surface area contributed by atoms with Crippen molar-refractivity contribution in [3.63, 3.8) is 0 Å². The topological polar surface area (TPSA) is 65.2 Å². The van der Waals surface area contributed by atoms with Crippen LogP contribution in [-0.2, 0) is 15.1 Å². The molecule has 70 valence electrons. The first-order valence-electron chi connectivity index (χ1n) is 3.87. The largest absolute Gasteiger partial charge is 0.467 e. The maximum atomic E-state index is 11.3. The number of rotatable bonds is 2. The lowest BCUT2D eigenvalue weighted by atomic mass is 9.94. The van der Waals surface area contributed by atoms with Gasteiger partial charge in [-0.1, -0.05) is 0 Å². The molecule has 4 heteroatoms. The Kier molecular flexibility index (Phi) is 2.63. The molecule has 0 unspecified atom stereocenters. The van der Waals surface area contributed by atoms with Crippen LogP contribution < -0.4 is 5.73 Å². The normalized spacial score (nSPS) is 14.7. The Labute approximate surface area is 76.7 Å². The second kappa shape index (κ2) is 3.53. The molecule has 0 saturated heterocycles. The van der Waals surface area contributed by atoms with E-state index >= 15 is 0 Å². The van der Waals surface area contributed by atoms with Crippen molar-refractivity contribution in [1.82, 2.24) is 4.98 Å². The Morgan fingerprint density at radius 2 is 2.08 bits per heavy atom. The molecule has 0 aliphatic heterocycles. The summed E-state index contributed by atoms with van der Waals surface area (Å²) in [6.07, 6.45) is 3.17. The molecule has 0 aliphatic carbocycles. The molecule has 4 nitrogen and oxygen atoms in total. The van der Waals surface area contributed by atoms with Gasteiger partial charge in [-0.2, -0.15) is 0 Å². The Morgan fingerprint density at radius 1 is 1.54 bits per heavy atom. The Morgan fingerprint density at radius 3 is 2.54 bits per heavy atom. The van der Waals surface area contributed by atoms with Crippen molar-refractivity contribution in [1.29, 1.82) is 0 Å². The van der Waals surface area contributed by atoms with E-state index in [4.69, 9.17) is 5.73 Å². The van der Waals surface area contributed by atoms with E-state index in [1.807, 2.05) is 0 Å². The van der Waals surface area contributed by atoms with Crippen LogP contribution in [0.1, 0.15) is 12.5 Å². The summed E-state index contributed by atoms with van der Waals surface area (Å²) in [5, 5.41) is 0. The Bertz CT molecular complexity index is 296. The van der Waals surface area contributed by atoms with E-state index in [9.17, 15) is 4.79 Å². The third-order valence-corrected chi connectivity index (χ3v) is 1.89. The van der Waals surface area contributed by atoms with Gasteiger partial charge in [0, 0.05) is 12.4 Å². The van der Waals surface area contributed by atoms with Crippen molar-refractivity contribution >= 4 is 5.97 Å². The van der Waals surface area contributed by atoms with Crippen LogP contribution in [0.4, 0.5) is 0 Å². The number of esters is 1. The maximum absolute atomic E-state index is 11.3. The molecule has 0 radical (unpaired) electrons. The van der Waals surface area contributed by atoms with Crippen molar-refractivity contribution in [2.45, 2.75) is 12.5 Å². The number of nitrogens with two attached hydrogens (primary N) is 1. The first kappa shape index (κ1) is 9.67. The predicted octanol–water partition coefficient (Wildman–Crippen LogP) is 0.428. The van der Waals surface area contributed by atoms with Crippen LogP contribution in [0.25, 0.3) is 0 Å². The second-order valence-corrected chi connectivity index (χ2v) is 2.93. The average Bonchev–Trinajstić information content (AvgIpc) is 2.18. The van der Waals surface area contributed by atoms with Gasteiger partial charge in [-0.05, 0) is 24.6 Å². The van der Waals surface area contributed by atoms with E-state index in [1.54, 1.807) is 31.5 Å². The van der Waals surface area contributed by atoms with Crippen molar-refractivity contribution in [2.75, 3.05) is 7.11 Å². The molecule has 1 heterocycles. The molecule has 1 atom stereocenters. The molecule has 13 heavy (non-hydrogen) atoms. The highest BCUT2D eigenvalue weighted by molar-refractivity contribution is 5.81. The summed E-state index contributed by atoms with van der Waals surface area (Å²) in [4.78, 5) is 15.1. The number of carbonyl (C=O) groups is 1. The van der Waals surface area contributed by atoms with E-state index in [1.165, 1.54) is 7.11 Å². The average molecular weight is 180 g/mol. The van der Waals surface area contributed by atoms with E-state index in [0.29, 0.717) is 5.56 Å². The second-order valence-electron chi connectivity index (χ2n) is 2.93. The van der Waals surface area contributed by atoms with Crippen LogP contribution in [0, 0.1) is 0 Å². The molecule has 0 aromatic carbocycles. The molecule has 0 saturated carbocycles. The molecule has 1 rings (SSSR count). The van der Waals surface area contributed by atoms with E-state index < -0.39 is 11.5 Å². The lowest BCUT2D eigenvalue weighted by molar-refractivity contribution is -0.146. The number of pyridine rings is 1. The van der Waals surface area contributed by atoms with Gasteiger partial charge < -0.3 is 10.5 Å². The molecule has 0 amide bonds. The highest BCUT2D eigenvalue weighted by atomic mass is 16.5. The van der Waals surface area contributed by atoms with Gasteiger partial charge in [0.05, 0.1) is 7.11 Å². The maximum Gasteiger partial charge on any atom is 0.330 e. The standard InChI is InChI=1S/C9H12N2O2/c1-9(10,8(12)13-2)7-3-5-11-6-4-7/h3-6H,10H2,1-2H3/t9-/m0/s1. The van der Waals surface area contributed by atoms with Crippen LogP contribution in [0.15, 0.2) is 24.5 Å². The van der Waals surface area contributed by atoms with Crippen molar-refractivity contribution in [3.8, 4) is 0 Å². The quantitative estimate of drug-likeness (QED) is 0.670. The smallest absolute Gasteiger partial charge is 0.330 e. The minimum atomic E-state index is -1.10. The van der Waals surface area contributed by atoms with Gasteiger partial charge in [-0.25, -0.2) is 4.79 Å². The summed E-state index contributed by atoms with van der Waals surface area (Å²) in [6, 6.07) is 3.38. The molecule has 0 aliphatic rings. The van der Waals surface area contributed by atoms with Crippen LogP contribution >= 0.6 is 0 Å². The zero-order chi connectivity index (χ0) is 9.90. The Balaban J connectivity index is 3.00. The summed E-state index contributed by atoms with van der Waals surface area (Å²) < 4.78 is 4.59. The molecule has 0 bridgehead atoms. The number of ether oxygens (including phenoxy) is 1. The molecule has 0 spiro atoms. The third-order valence-electron chi connectivity index (χ3n) is 1.89. The molecular weight excluding hydrogens is 168 g/mol. The van der Waals surface area contributed by atoms with Crippen LogP contribution in [0.2, 0.25) is 0 Å². The summed E-state index contributed by atoms with van der Waals surface area (Å²) in [5.74, 6) is -0.460. The fourth-order valence-electron chi connectivity index (χ4n) is 1.03. The monoisotopic (exact) mass is 180 g/mol. The van der Waals surface area contributed by atoms with Crippen molar-refractivity contribution < 1.29 is 9.53 Å². The van der Waals surface area contributed by atoms with Crippen molar-refractivity contribution in [3.05, 3.63) is 30.1 Å². The molecule has 0 fully saturated rings. The van der Waals surface area contributed by atoms with Gasteiger partial charge in [0.15, 0.2) is 0 Å². The van der Waals surface area contributed by atoms with Gasteiger partial charge in [0.2, 0.25) is 0 Å². The van der Waals surface area contributed by atoms with E-state index in [0.717, 1.165) is 0 Å². The lowest BCUT2D eigenvalue weighted by Gasteiger charge is -2.21. The fraction of sp³-hybridized carbons (Fsp3) is 0.333. The predicted molar refractivity (Wildman–Crippen MR) is 47.8 cm³/mol. The Hall–Kier alpha value is -1.42. The molecular formula is C9H12N2O2. The van der Waals surface area contributed by atoms with Crippen molar-refractivity contribution in [2.24, 2.45) is 5.73 Å². The first-order valence-corrected chi connectivity index (χ1v) is 3.87. The first-order chi connectivity index (χ1) is 6.09. The molecule has 1 aromatic heterocycles. The zero-order valence-corrected chi connectivity index (χ0v) is 7.65. The highest BCUT2D eigenvalue weighted by Crippen LogP contribution is 2.17. The number of hydrogen-bond donors (Lipinski definition) is 1. The van der Waals surface area contributed by atoms with Gasteiger partial charge in [0.1, 0.15) is 5.54 Å². The van der Waals surface area contributed by atoms with Crippen LogP contribution in [0.3, 0.4) is 0 Å². The molecule has 2 N–H and O–H groups in total. The van der Waals surface area contributed by atoms with Crippen LogP contribution in [0.5, 0.6) is 0 Å². The van der Waals surface area contributed by atoms with Gasteiger partial charge in [0.25, 0.3) is 0 Å². The van der Waals surface area contributed by atoms with Crippen LogP contribution in [-0.4, -0.2) is 18.1 Å². The summed E-state index contributed by atoms with van der Waals surface area (Å²) in [7, 11) is 1.31. The van der Waals surface area contributed by atoms with Gasteiger partial charge in [-0.15, -0.1) is 0 Å². The lowest BCUT2D eigenvalue weighted by Crippen LogP contribution is -2.42. The summed E-state index contributed by atoms with van der Waals surface area (Å²) >= 11 is 0. The van der Waals surface area contributed by atoms with E-state index in [-0.39, 0.29) is 0 Å². The number of methoxy groups -OCH3 is 1. The number of aromatic nitrogens is 1. The summed E-state index contributed by atoms with van der Waals surface area (Å²) in [6.45, 7) is 1.61. The minimum Gasteiger partial charge on any atom is -0.467 e.